The Bertz CT molecular complexity index is 1450. The Morgan fingerprint density at radius 3 is 2.39 bits per heavy atom. The van der Waals surface area contributed by atoms with E-state index in [4.69, 9.17) is 4.98 Å². The Morgan fingerprint density at radius 1 is 0.818 bits per heavy atom. The van der Waals surface area contributed by atoms with Gasteiger partial charge in [0.15, 0.2) is 5.65 Å². The van der Waals surface area contributed by atoms with Gasteiger partial charge in [-0.25, -0.2) is 13.8 Å². The lowest BCUT2D eigenvalue weighted by Gasteiger charge is -2.09. The molecule has 0 fully saturated rings. The molecule has 0 bridgehead atoms. The minimum atomic E-state index is -0.619. The maximum atomic E-state index is 13.7. The highest BCUT2D eigenvalue weighted by atomic mass is 19.1. The van der Waals surface area contributed by atoms with Crippen LogP contribution in [0.5, 0.6) is 0 Å². The molecule has 0 saturated heterocycles. The lowest BCUT2D eigenvalue weighted by Crippen LogP contribution is -2.01. The highest BCUT2D eigenvalue weighted by Gasteiger charge is 2.13. The zero-order chi connectivity index (χ0) is 22.9. The molecule has 3 heterocycles. The number of aromatic nitrogens is 4. The average Bonchev–Trinajstić information content (AvgIpc) is 3.22. The summed E-state index contributed by atoms with van der Waals surface area (Å²) in [6, 6.07) is 14.0. The average molecular weight is 440 g/mol. The summed E-state index contributed by atoms with van der Waals surface area (Å²) in [6.07, 6.45) is 8.41. The first-order chi connectivity index (χ1) is 16.0. The van der Waals surface area contributed by atoms with Gasteiger partial charge >= 0.3 is 0 Å². The molecule has 33 heavy (non-hydrogen) atoms. The SMILES string of the molecule is Cc1cccc(-c2ncc(CCc3nccn4c(-c5cc(F)cc(F)c5)cnc34)cc2C)c1. The molecule has 0 amide bonds. The smallest absolute Gasteiger partial charge is 0.159 e. The van der Waals surface area contributed by atoms with Gasteiger partial charge in [-0.15, -0.1) is 0 Å². The Kier molecular flexibility index (Phi) is 5.42. The molecule has 5 aromatic rings. The number of pyridine rings is 1. The molecular weight excluding hydrogens is 418 g/mol. The fraction of sp³-hybridized carbons (Fsp3) is 0.148. The summed E-state index contributed by atoms with van der Waals surface area (Å²) in [5, 5.41) is 0. The molecule has 0 radical (unpaired) electrons. The second kappa shape index (κ2) is 8.54. The number of aryl methyl sites for hydroxylation is 4. The maximum absolute atomic E-state index is 13.7. The van der Waals surface area contributed by atoms with Crippen molar-refractivity contribution in [1.29, 1.82) is 0 Å². The zero-order valence-corrected chi connectivity index (χ0v) is 18.4. The Balaban J connectivity index is 1.40. The highest BCUT2D eigenvalue weighted by molar-refractivity contribution is 5.65. The van der Waals surface area contributed by atoms with E-state index in [2.05, 4.69) is 48.1 Å². The number of nitrogens with zero attached hydrogens (tertiary/aromatic N) is 4. The van der Waals surface area contributed by atoms with E-state index in [1.54, 1.807) is 18.6 Å². The van der Waals surface area contributed by atoms with Crippen LogP contribution in [0.3, 0.4) is 0 Å². The van der Waals surface area contributed by atoms with E-state index < -0.39 is 11.6 Å². The molecule has 6 heteroatoms. The second-order valence-electron chi connectivity index (χ2n) is 8.25. The summed E-state index contributed by atoms with van der Waals surface area (Å²) >= 11 is 0. The topological polar surface area (TPSA) is 43.1 Å². The van der Waals surface area contributed by atoms with Gasteiger partial charge in [0.2, 0.25) is 0 Å². The number of hydrogen-bond acceptors (Lipinski definition) is 3. The fourth-order valence-electron chi connectivity index (χ4n) is 4.19. The molecule has 0 aliphatic heterocycles. The molecule has 0 saturated carbocycles. The zero-order valence-electron chi connectivity index (χ0n) is 18.4. The Morgan fingerprint density at radius 2 is 1.64 bits per heavy atom. The van der Waals surface area contributed by atoms with E-state index in [9.17, 15) is 8.78 Å². The molecule has 0 spiro atoms. The van der Waals surface area contributed by atoms with E-state index >= 15 is 0 Å². The molecule has 164 valence electrons. The van der Waals surface area contributed by atoms with Crippen molar-refractivity contribution in [3.8, 4) is 22.5 Å². The molecule has 3 aromatic heterocycles. The fourth-order valence-corrected chi connectivity index (χ4v) is 4.19. The first kappa shape index (κ1) is 20.9. The van der Waals surface area contributed by atoms with Gasteiger partial charge < -0.3 is 0 Å². The van der Waals surface area contributed by atoms with Crippen molar-refractivity contribution < 1.29 is 8.78 Å². The van der Waals surface area contributed by atoms with Crippen LogP contribution in [0.1, 0.15) is 22.4 Å². The minimum Gasteiger partial charge on any atom is -0.297 e. The monoisotopic (exact) mass is 440 g/mol. The first-order valence-electron chi connectivity index (χ1n) is 10.8. The summed E-state index contributed by atoms with van der Waals surface area (Å²) in [4.78, 5) is 13.7. The maximum Gasteiger partial charge on any atom is 0.159 e. The summed E-state index contributed by atoms with van der Waals surface area (Å²) < 4.78 is 29.2. The van der Waals surface area contributed by atoms with Crippen LogP contribution in [0, 0.1) is 25.5 Å². The highest BCUT2D eigenvalue weighted by Crippen LogP contribution is 2.25. The Hall–Kier alpha value is -3.93. The molecular formula is C27H22F2N4. The van der Waals surface area contributed by atoms with Crippen molar-refractivity contribution >= 4 is 5.65 Å². The van der Waals surface area contributed by atoms with Crippen molar-refractivity contribution in [3.05, 3.63) is 107 Å². The lowest BCUT2D eigenvalue weighted by atomic mass is 10.0. The van der Waals surface area contributed by atoms with Gasteiger partial charge in [0.25, 0.3) is 0 Å². The van der Waals surface area contributed by atoms with Crippen LogP contribution >= 0.6 is 0 Å². The summed E-state index contributed by atoms with van der Waals surface area (Å²) in [7, 11) is 0. The van der Waals surface area contributed by atoms with Gasteiger partial charge in [-0.1, -0.05) is 29.8 Å². The van der Waals surface area contributed by atoms with Crippen molar-refractivity contribution in [2.24, 2.45) is 0 Å². The predicted octanol–water partition coefficient (Wildman–Crippen LogP) is 6.14. The van der Waals surface area contributed by atoms with Crippen LogP contribution in [0.4, 0.5) is 8.78 Å². The number of hydrogen-bond donors (Lipinski definition) is 0. The molecule has 0 atom stereocenters. The van der Waals surface area contributed by atoms with Crippen molar-refractivity contribution in [2.75, 3.05) is 0 Å². The molecule has 0 aliphatic rings. The van der Waals surface area contributed by atoms with E-state index in [0.717, 1.165) is 40.6 Å². The van der Waals surface area contributed by atoms with Crippen LogP contribution in [0.15, 0.2) is 73.3 Å². The van der Waals surface area contributed by atoms with Crippen molar-refractivity contribution in [1.82, 2.24) is 19.4 Å². The van der Waals surface area contributed by atoms with Crippen LogP contribution in [-0.4, -0.2) is 19.4 Å². The quantitative estimate of drug-likeness (QED) is 0.330. The van der Waals surface area contributed by atoms with Gasteiger partial charge in [0.05, 0.1) is 23.3 Å². The third-order valence-corrected chi connectivity index (χ3v) is 5.74. The third kappa shape index (κ3) is 4.24. The molecule has 2 aromatic carbocycles. The molecule has 4 nitrogen and oxygen atoms in total. The third-order valence-electron chi connectivity index (χ3n) is 5.74. The van der Waals surface area contributed by atoms with Crippen LogP contribution in [0.2, 0.25) is 0 Å². The Labute approximate surface area is 190 Å². The van der Waals surface area contributed by atoms with Gasteiger partial charge in [-0.05, 0) is 56.0 Å². The van der Waals surface area contributed by atoms with E-state index in [-0.39, 0.29) is 0 Å². The van der Waals surface area contributed by atoms with E-state index in [0.29, 0.717) is 23.3 Å². The van der Waals surface area contributed by atoms with Gasteiger partial charge in [-0.3, -0.25) is 14.4 Å². The normalized spacial score (nSPS) is 11.3. The van der Waals surface area contributed by atoms with E-state index in [1.807, 2.05) is 16.7 Å². The second-order valence-corrected chi connectivity index (χ2v) is 8.25. The molecule has 0 aliphatic carbocycles. The number of fused-ring (bicyclic) bond motifs is 1. The largest absolute Gasteiger partial charge is 0.297 e. The van der Waals surface area contributed by atoms with Crippen LogP contribution < -0.4 is 0 Å². The van der Waals surface area contributed by atoms with Crippen LogP contribution in [-0.2, 0) is 12.8 Å². The van der Waals surface area contributed by atoms with Crippen LogP contribution in [0.25, 0.3) is 28.2 Å². The van der Waals surface area contributed by atoms with Crippen molar-refractivity contribution in [3.63, 3.8) is 0 Å². The summed E-state index contributed by atoms with van der Waals surface area (Å²) in [5.41, 5.74) is 8.10. The minimum absolute atomic E-state index is 0.434. The number of halogens is 2. The molecule has 5 rings (SSSR count). The summed E-state index contributed by atoms with van der Waals surface area (Å²) in [6.45, 7) is 4.15. The van der Waals surface area contributed by atoms with Gasteiger partial charge in [0.1, 0.15) is 11.6 Å². The molecule has 0 unspecified atom stereocenters. The van der Waals surface area contributed by atoms with Gasteiger partial charge in [0, 0.05) is 35.8 Å². The molecule has 0 N–H and O–H groups in total. The van der Waals surface area contributed by atoms with Crippen molar-refractivity contribution in [2.45, 2.75) is 26.7 Å². The lowest BCUT2D eigenvalue weighted by molar-refractivity contribution is 0.584. The number of rotatable bonds is 5. The summed E-state index contributed by atoms with van der Waals surface area (Å²) in [5.74, 6) is -1.24. The predicted molar refractivity (Wildman–Crippen MR) is 125 cm³/mol. The van der Waals surface area contributed by atoms with E-state index in [1.165, 1.54) is 17.7 Å². The first-order valence-corrected chi connectivity index (χ1v) is 10.8. The standard InChI is InChI=1S/C27H22F2N4/c1-17-4-3-5-20(10-17)26-18(2)11-19(15-31-26)6-7-24-27-32-16-25(33(27)9-8-30-24)21-12-22(28)14-23(29)13-21/h3-5,8-16H,6-7H2,1-2H3. The number of benzene rings is 2. The number of imidazole rings is 1. The van der Waals surface area contributed by atoms with Gasteiger partial charge in [-0.2, -0.15) is 0 Å².